The van der Waals surface area contributed by atoms with Crippen molar-refractivity contribution in [1.29, 1.82) is 0 Å². The molecule has 14 heavy (non-hydrogen) atoms. The summed E-state index contributed by atoms with van der Waals surface area (Å²) in [5, 5.41) is 1.19. The van der Waals surface area contributed by atoms with E-state index in [0.717, 1.165) is 6.42 Å². The van der Waals surface area contributed by atoms with Gasteiger partial charge in [0, 0.05) is 19.7 Å². The quantitative estimate of drug-likeness (QED) is 0.329. The number of hydrogen-bond acceptors (Lipinski definition) is 5. The van der Waals surface area contributed by atoms with Crippen molar-refractivity contribution in [2.75, 3.05) is 14.1 Å². The summed E-state index contributed by atoms with van der Waals surface area (Å²) < 4.78 is 0. The Bertz CT molecular complexity index is 188. The summed E-state index contributed by atoms with van der Waals surface area (Å²) in [4.78, 5) is 11.6. The van der Waals surface area contributed by atoms with Gasteiger partial charge in [0.25, 0.3) is 5.91 Å². The lowest BCUT2D eigenvalue weighted by atomic mass is 10.2. The molecule has 0 aliphatic carbocycles. The summed E-state index contributed by atoms with van der Waals surface area (Å²) in [7, 11) is 3.33. The molecule has 0 aliphatic heterocycles. The molecular formula is C8H19N5O. The van der Waals surface area contributed by atoms with E-state index in [-0.39, 0.29) is 5.91 Å². The summed E-state index contributed by atoms with van der Waals surface area (Å²) in [5.74, 6) is -0.199. The molecule has 82 valence electrons. The molecule has 0 unspecified atom stereocenters. The van der Waals surface area contributed by atoms with Crippen molar-refractivity contribution in [2.45, 2.75) is 19.8 Å². The average molecular weight is 201 g/mol. The standard InChI is InChI=1S/C8H19N5O/c1-5-6-7(2)8(14)13(11-9-3)12-10-4/h9-12H,2,5-6H2,1,3-4H3. The van der Waals surface area contributed by atoms with Crippen LogP contribution in [0.2, 0.25) is 0 Å². The number of nitrogens with zero attached hydrogens (tertiary/aromatic N) is 1. The van der Waals surface area contributed by atoms with Crippen LogP contribution in [-0.2, 0) is 4.79 Å². The van der Waals surface area contributed by atoms with E-state index >= 15 is 0 Å². The first-order valence-corrected chi connectivity index (χ1v) is 4.54. The third kappa shape index (κ3) is 4.33. The van der Waals surface area contributed by atoms with Crippen LogP contribution < -0.4 is 21.9 Å². The SMILES string of the molecule is C=C(CCC)C(=O)N(NNC)NNC. The molecule has 6 heteroatoms. The van der Waals surface area contributed by atoms with Crippen LogP contribution >= 0.6 is 0 Å². The van der Waals surface area contributed by atoms with Crippen molar-refractivity contribution < 1.29 is 4.79 Å². The van der Waals surface area contributed by atoms with E-state index in [4.69, 9.17) is 0 Å². The van der Waals surface area contributed by atoms with E-state index in [1.807, 2.05) is 6.92 Å². The number of nitrogens with one attached hydrogen (secondary N) is 4. The maximum atomic E-state index is 11.6. The highest BCUT2D eigenvalue weighted by Gasteiger charge is 2.14. The van der Waals surface area contributed by atoms with Gasteiger partial charge in [-0.3, -0.25) is 4.79 Å². The molecule has 0 saturated heterocycles. The lowest BCUT2D eigenvalue weighted by molar-refractivity contribution is -0.136. The van der Waals surface area contributed by atoms with E-state index in [2.05, 4.69) is 28.5 Å². The fourth-order valence-electron chi connectivity index (χ4n) is 0.920. The van der Waals surface area contributed by atoms with E-state index in [9.17, 15) is 4.79 Å². The van der Waals surface area contributed by atoms with Gasteiger partial charge in [0.1, 0.15) is 0 Å². The molecule has 0 aliphatic rings. The zero-order valence-corrected chi connectivity index (χ0v) is 8.98. The lowest BCUT2D eigenvalue weighted by Gasteiger charge is -2.23. The van der Waals surface area contributed by atoms with Gasteiger partial charge in [-0.25, -0.2) is 10.9 Å². The van der Waals surface area contributed by atoms with E-state index < -0.39 is 0 Å². The normalized spacial score (nSPS) is 9.93. The van der Waals surface area contributed by atoms with Crippen LogP contribution in [0.1, 0.15) is 19.8 Å². The Kier molecular flexibility index (Phi) is 6.95. The first kappa shape index (κ1) is 13.1. The maximum absolute atomic E-state index is 11.6. The Morgan fingerprint density at radius 3 is 2.14 bits per heavy atom. The van der Waals surface area contributed by atoms with Crippen molar-refractivity contribution in [2.24, 2.45) is 0 Å². The topological polar surface area (TPSA) is 68.4 Å². The summed E-state index contributed by atoms with van der Waals surface area (Å²) in [6.45, 7) is 5.70. The molecule has 0 rings (SSSR count). The van der Waals surface area contributed by atoms with Crippen molar-refractivity contribution in [3.05, 3.63) is 12.2 Å². The molecule has 0 aromatic rings. The minimum atomic E-state index is -0.199. The third-order valence-electron chi connectivity index (χ3n) is 1.50. The van der Waals surface area contributed by atoms with Gasteiger partial charge in [-0.15, -0.1) is 0 Å². The highest BCUT2D eigenvalue weighted by atomic mass is 16.2. The van der Waals surface area contributed by atoms with E-state index in [1.54, 1.807) is 14.1 Å². The van der Waals surface area contributed by atoms with Gasteiger partial charge in [0.15, 0.2) is 0 Å². The fraction of sp³-hybridized carbons (Fsp3) is 0.625. The minimum Gasteiger partial charge on any atom is -0.266 e. The largest absolute Gasteiger partial charge is 0.280 e. The molecule has 0 fully saturated rings. The first-order valence-electron chi connectivity index (χ1n) is 4.54. The number of carbonyl (C=O) groups is 1. The van der Waals surface area contributed by atoms with Gasteiger partial charge >= 0.3 is 0 Å². The highest BCUT2D eigenvalue weighted by Crippen LogP contribution is 2.03. The summed E-state index contributed by atoms with van der Waals surface area (Å²) in [5.41, 5.74) is 11.1. The second kappa shape index (κ2) is 7.45. The molecule has 0 spiro atoms. The molecule has 1 amide bonds. The molecule has 0 heterocycles. The van der Waals surface area contributed by atoms with Crippen molar-refractivity contribution in [1.82, 2.24) is 27.0 Å². The monoisotopic (exact) mass is 201 g/mol. The number of hydrazine groups is 4. The molecular weight excluding hydrogens is 182 g/mol. The van der Waals surface area contributed by atoms with Crippen LogP contribution in [0.5, 0.6) is 0 Å². The summed E-state index contributed by atoms with van der Waals surface area (Å²) >= 11 is 0. The fourth-order valence-corrected chi connectivity index (χ4v) is 0.920. The Hall–Kier alpha value is -0.950. The van der Waals surface area contributed by atoms with Gasteiger partial charge < -0.3 is 0 Å². The zero-order valence-electron chi connectivity index (χ0n) is 8.98. The van der Waals surface area contributed by atoms with Crippen LogP contribution in [0.25, 0.3) is 0 Å². The molecule has 0 aromatic heterocycles. The third-order valence-corrected chi connectivity index (χ3v) is 1.50. The molecule has 4 N–H and O–H groups in total. The predicted octanol–water partition coefficient (Wildman–Crippen LogP) is -0.551. The van der Waals surface area contributed by atoms with Crippen LogP contribution in [0, 0.1) is 0 Å². The Balaban J connectivity index is 4.19. The maximum Gasteiger partial charge on any atom is 0.280 e. The minimum absolute atomic E-state index is 0.199. The number of carbonyl (C=O) groups excluding carboxylic acids is 1. The molecule has 0 atom stereocenters. The Morgan fingerprint density at radius 1 is 1.29 bits per heavy atom. The van der Waals surface area contributed by atoms with Crippen molar-refractivity contribution >= 4 is 5.91 Å². The van der Waals surface area contributed by atoms with Crippen molar-refractivity contribution in [3.63, 3.8) is 0 Å². The van der Waals surface area contributed by atoms with Gasteiger partial charge in [-0.05, 0) is 6.42 Å². The molecule has 6 nitrogen and oxygen atoms in total. The Morgan fingerprint density at radius 2 is 1.79 bits per heavy atom. The first-order chi connectivity index (χ1) is 6.67. The lowest BCUT2D eigenvalue weighted by Crippen LogP contribution is -2.59. The van der Waals surface area contributed by atoms with Gasteiger partial charge in [0.05, 0.1) is 0 Å². The summed E-state index contributed by atoms with van der Waals surface area (Å²) in [6, 6.07) is 0. The molecule has 0 bridgehead atoms. The van der Waals surface area contributed by atoms with E-state index in [0.29, 0.717) is 12.0 Å². The summed E-state index contributed by atoms with van der Waals surface area (Å²) in [6.07, 6.45) is 1.59. The highest BCUT2D eigenvalue weighted by molar-refractivity contribution is 5.92. The van der Waals surface area contributed by atoms with Gasteiger partial charge in [0.2, 0.25) is 0 Å². The Labute approximate surface area is 84.6 Å². The average Bonchev–Trinajstić information content (AvgIpc) is 2.17. The second-order valence-electron chi connectivity index (χ2n) is 2.72. The van der Waals surface area contributed by atoms with Crippen LogP contribution in [-0.4, -0.2) is 25.1 Å². The predicted molar refractivity (Wildman–Crippen MR) is 55.3 cm³/mol. The second-order valence-corrected chi connectivity index (χ2v) is 2.72. The van der Waals surface area contributed by atoms with Crippen molar-refractivity contribution in [3.8, 4) is 0 Å². The molecule has 0 saturated carbocycles. The van der Waals surface area contributed by atoms with Crippen LogP contribution in [0.15, 0.2) is 12.2 Å². The number of rotatable bonds is 7. The van der Waals surface area contributed by atoms with Gasteiger partial charge in [-0.1, -0.05) is 19.9 Å². The smallest absolute Gasteiger partial charge is 0.266 e. The van der Waals surface area contributed by atoms with Crippen LogP contribution in [0.3, 0.4) is 0 Å². The van der Waals surface area contributed by atoms with Gasteiger partial charge in [-0.2, -0.15) is 16.2 Å². The zero-order chi connectivity index (χ0) is 11.0. The van der Waals surface area contributed by atoms with Crippen LogP contribution in [0.4, 0.5) is 0 Å². The number of amides is 1. The number of hydrogen-bond donors (Lipinski definition) is 4. The van der Waals surface area contributed by atoms with E-state index in [1.165, 1.54) is 5.12 Å². The molecule has 0 aromatic carbocycles. The molecule has 0 radical (unpaired) electrons.